The summed E-state index contributed by atoms with van der Waals surface area (Å²) >= 11 is 1.43. The van der Waals surface area contributed by atoms with Gasteiger partial charge in [0.15, 0.2) is 10.8 Å². The highest BCUT2D eigenvalue weighted by molar-refractivity contribution is 7.89. The van der Waals surface area contributed by atoms with E-state index in [1.807, 2.05) is 45.9 Å². The van der Waals surface area contributed by atoms with Gasteiger partial charge in [0.25, 0.3) is 0 Å². The van der Waals surface area contributed by atoms with E-state index in [-0.39, 0.29) is 6.54 Å². The maximum atomic E-state index is 12.8. The molecule has 25 heavy (non-hydrogen) atoms. The summed E-state index contributed by atoms with van der Waals surface area (Å²) in [4.78, 5) is 5.69. The molecule has 0 aliphatic heterocycles. The summed E-state index contributed by atoms with van der Waals surface area (Å²) in [5, 5.41) is 0.749. The Morgan fingerprint density at radius 1 is 1.16 bits per heavy atom. The third-order valence-corrected chi connectivity index (χ3v) is 6.80. The van der Waals surface area contributed by atoms with Crippen molar-refractivity contribution in [3.05, 3.63) is 57.8 Å². The summed E-state index contributed by atoms with van der Waals surface area (Å²) < 4.78 is 33.6. The van der Waals surface area contributed by atoms with Crippen molar-refractivity contribution in [3.8, 4) is 10.8 Å². The van der Waals surface area contributed by atoms with Crippen molar-refractivity contribution in [1.29, 1.82) is 0 Å². The molecule has 1 N–H and O–H groups in total. The van der Waals surface area contributed by atoms with E-state index in [9.17, 15) is 8.42 Å². The van der Waals surface area contributed by atoms with E-state index in [4.69, 9.17) is 4.42 Å². The summed E-state index contributed by atoms with van der Waals surface area (Å²) in [7, 11) is -3.59. The van der Waals surface area contributed by atoms with Crippen molar-refractivity contribution in [2.24, 2.45) is 0 Å². The van der Waals surface area contributed by atoms with Crippen molar-refractivity contribution >= 4 is 21.4 Å². The Morgan fingerprint density at radius 3 is 2.44 bits per heavy atom. The zero-order valence-electron chi connectivity index (χ0n) is 14.6. The van der Waals surface area contributed by atoms with Crippen LogP contribution in [0.3, 0.4) is 0 Å². The zero-order valence-corrected chi connectivity index (χ0v) is 16.2. The van der Waals surface area contributed by atoms with Gasteiger partial charge in [0, 0.05) is 11.4 Å². The molecule has 132 valence electrons. The first-order valence-corrected chi connectivity index (χ1v) is 10.2. The number of thiazole rings is 1. The molecule has 2 heterocycles. The van der Waals surface area contributed by atoms with Crippen LogP contribution in [0.25, 0.3) is 10.8 Å². The minimum absolute atomic E-state index is 0.208. The lowest BCUT2D eigenvalue weighted by Crippen LogP contribution is -2.24. The molecule has 0 aliphatic carbocycles. The summed E-state index contributed by atoms with van der Waals surface area (Å²) in [6.45, 7) is 7.68. The number of nitrogens with zero attached hydrogens (tertiary/aromatic N) is 1. The molecule has 0 aliphatic rings. The van der Waals surface area contributed by atoms with E-state index in [2.05, 4.69) is 9.71 Å². The fourth-order valence-electron chi connectivity index (χ4n) is 2.92. The molecule has 0 unspecified atom stereocenters. The molecular weight excluding hydrogens is 356 g/mol. The third-order valence-electron chi connectivity index (χ3n) is 3.92. The number of benzene rings is 1. The lowest BCUT2D eigenvalue weighted by atomic mass is 10.1. The second-order valence-corrected chi connectivity index (χ2v) is 8.84. The maximum Gasteiger partial charge on any atom is 0.241 e. The number of nitrogens with one attached hydrogen (secondary N) is 1. The molecule has 7 heteroatoms. The predicted octanol–water partition coefficient (Wildman–Crippen LogP) is 4.12. The Bertz CT molecular complexity index is 980. The van der Waals surface area contributed by atoms with Gasteiger partial charge in [-0.2, -0.15) is 0 Å². The predicted molar refractivity (Wildman–Crippen MR) is 99.2 cm³/mol. The second kappa shape index (κ2) is 6.74. The van der Waals surface area contributed by atoms with Gasteiger partial charge in [-0.15, -0.1) is 11.3 Å². The van der Waals surface area contributed by atoms with Crippen molar-refractivity contribution in [3.63, 3.8) is 0 Å². The molecule has 0 bridgehead atoms. The van der Waals surface area contributed by atoms with Gasteiger partial charge >= 0.3 is 0 Å². The van der Waals surface area contributed by atoms with Gasteiger partial charge in [0.1, 0.15) is 0 Å². The number of furan rings is 1. The van der Waals surface area contributed by atoms with Crippen LogP contribution >= 0.6 is 11.3 Å². The molecule has 2 aromatic heterocycles. The fraction of sp³-hybridized carbons (Fsp3) is 0.278. The van der Waals surface area contributed by atoms with Gasteiger partial charge in [-0.25, -0.2) is 18.1 Å². The van der Waals surface area contributed by atoms with Gasteiger partial charge in [0.05, 0.1) is 16.9 Å². The molecule has 5 nitrogen and oxygen atoms in total. The van der Waals surface area contributed by atoms with Gasteiger partial charge in [0.2, 0.25) is 10.0 Å². The van der Waals surface area contributed by atoms with E-state index in [1.54, 1.807) is 12.3 Å². The quantitative estimate of drug-likeness (QED) is 0.727. The Balaban J connectivity index is 1.84. The third kappa shape index (κ3) is 3.68. The van der Waals surface area contributed by atoms with Gasteiger partial charge in [-0.3, -0.25) is 0 Å². The number of aryl methyl sites for hydroxylation is 4. The lowest BCUT2D eigenvalue weighted by Gasteiger charge is -2.12. The summed E-state index contributed by atoms with van der Waals surface area (Å²) in [5.74, 6) is 0.687. The number of aromatic nitrogens is 1. The Hall–Kier alpha value is -1.96. The molecule has 0 spiro atoms. The highest BCUT2D eigenvalue weighted by Crippen LogP contribution is 2.29. The SMILES string of the molecule is Cc1cc(C)c(S(=O)(=O)NCc2sc(-c3ccco3)nc2C)c(C)c1. The molecule has 0 fully saturated rings. The molecule has 0 saturated carbocycles. The van der Waals surface area contributed by atoms with Gasteiger partial charge < -0.3 is 4.42 Å². The largest absolute Gasteiger partial charge is 0.462 e. The van der Waals surface area contributed by atoms with E-state index >= 15 is 0 Å². The van der Waals surface area contributed by atoms with E-state index in [0.29, 0.717) is 10.7 Å². The van der Waals surface area contributed by atoms with E-state index in [1.165, 1.54) is 11.3 Å². The van der Waals surface area contributed by atoms with Crippen LogP contribution in [-0.2, 0) is 16.6 Å². The molecule has 3 rings (SSSR count). The minimum Gasteiger partial charge on any atom is -0.462 e. The summed E-state index contributed by atoms with van der Waals surface area (Å²) in [6, 6.07) is 7.41. The average Bonchev–Trinajstić information content (AvgIpc) is 3.13. The lowest BCUT2D eigenvalue weighted by molar-refractivity contribution is 0.580. The molecule has 0 radical (unpaired) electrons. The van der Waals surface area contributed by atoms with E-state index in [0.717, 1.165) is 32.3 Å². The van der Waals surface area contributed by atoms with Crippen LogP contribution in [-0.4, -0.2) is 13.4 Å². The van der Waals surface area contributed by atoms with Crippen LogP contribution in [0.15, 0.2) is 39.8 Å². The van der Waals surface area contributed by atoms with Crippen LogP contribution in [0.2, 0.25) is 0 Å². The summed E-state index contributed by atoms with van der Waals surface area (Å²) in [5.41, 5.74) is 3.36. The molecular formula is C18H20N2O3S2. The highest BCUT2D eigenvalue weighted by Gasteiger charge is 2.21. The van der Waals surface area contributed by atoms with Crippen molar-refractivity contribution in [1.82, 2.24) is 9.71 Å². The summed E-state index contributed by atoms with van der Waals surface area (Å²) in [6.07, 6.45) is 1.59. The smallest absolute Gasteiger partial charge is 0.241 e. The first kappa shape index (κ1) is 17.8. The number of sulfonamides is 1. The van der Waals surface area contributed by atoms with E-state index < -0.39 is 10.0 Å². The van der Waals surface area contributed by atoms with Crippen LogP contribution in [0.4, 0.5) is 0 Å². The first-order valence-electron chi connectivity index (χ1n) is 7.85. The van der Waals surface area contributed by atoms with Crippen LogP contribution in [0.1, 0.15) is 27.3 Å². The Kier molecular flexibility index (Phi) is 4.81. The Labute approximate surface area is 151 Å². The molecule has 0 saturated heterocycles. The second-order valence-electron chi connectivity index (χ2n) is 6.06. The van der Waals surface area contributed by atoms with Crippen molar-refractivity contribution in [2.75, 3.05) is 0 Å². The monoisotopic (exact) mass is 376 g/mol. The number of hydrogen-bond donors (Lipinski definition) is 1. The minimum atomic E-state index is -3.59. The number of rotatable bonds is 5. The number of hydrogen-bond acceptors (Lipinski definition) is 5. The maximum absolute atomic E-state index is 12.8. The molecule has 1 aromatic carbocycles. The van der Waals surface area contributed by atoms with Gasteiger partial charge in [-0.1, -0.05) is 17.7 Å². The van der Waals surface area contributed by atoms with Crippen molar-refractivity contribution in [2.45, 2.75) is 39.1 Å². The highest BCUT2D eigenvalue weighted by atomic mass is 32.2. The van der Waals surface area contributed by atoms with Gasteiger partial charge in [-0.05, 0) is 51.0 Å². The van der Waals surface area contributed by atoms with Crippen LogP contribution < -0.4 is 4.72 Å². The fourth-order valence-corrected chi connectivity index (χ4v) is 5.43. The average molecular weight is 377 g/mol. The normalized spacial score (nSPS) is 11.8. The van der Waals surface area contributed by atoms with Crippen molar-refractivity contribution < 1.29 is 12.8 Å². The first-order chi connectivity index (χ1) is 11.8. The Morgan fingerprint density at radius 2 is 1.84 bits per heavy atom. The molecule has 0 atom stereocenters. The molecule has 3 aromatic rings. The van der Waals surface area contributed by atoms with Crippen LogP contribution in [0, 0.1) is 27.7 Å². The van der Waals surface area contributed by atoms with Crippen LogP contribution in [0.5, 0.6) is 0 Å². The standard InChI is InChI=1S/C18H20N2O3S2/c1-11-8-12(2)17(13(3)9-11)25(21,22)19-10-16-14(4)20-18(24-16)15-6-5-7-23-15/h5-9,19H,10H2,1-4H3. The topological polar surface area (TPSA) is 72.2 Å². The molecule has 0 amide bonds. The zero-order chi connectivity index (χ0) is 18.2.